The Labute approximate surface area is 286 Å². The zero-order chi connectivity index (χ0) is 34.8. The van der Waals surface area contributed by atoms with E-state index in [1.54, 1.807) is 60.7 Å². The number of hydrogen-bond acceptors (Lipinski definition) is 8. The van der Waals surface area contributed by atoms with Gasteiger partial charge in [0.1, 0.15) is 19.0 Å². The third-order valence-corrected chi connectivity index (χ3v) is 11.1. The Hall–Kier alpha value is -4.85. The second kappa shape index (κ2) is 16.5. The number of nitrogens with one attached hydrogen (secondary N) is 1. The average molecular weight is 682 g/mol. The second-order valence-corrected chi connectivity index (χ2v) is 15.1. The van der Waals surface area contributed by atoms with Gasteiger partial charge in [-0.25, -0.2) is 4.79 Å². The van der Waals surface area contributed by atoms with Crippen LogP contribution in [0.2, 0.25) is 0 Å². The molecule has 0 heterocycles. The number of hydrogen-bond donors (Lipinski definition) is 1. The molecule has 1 N–H and O–H groups in total. The van der Waals surface area contributed by atoms with Crippen molar-refractivity contribution in [2.45, 2.75) is 38.4 Å². The number of rotatable bonds is 16. The van der Waals surface area contributed by atoms with Crippen molar-refractivity contribution in [1.82, 2.24) is 5.32 Å². The Kier molecular flexibility index (Phi) is 11.9. The van der Waals surface area contributed by atoms with Gasteiger partial charge in [-0.3, -0.25) is 18.9 Å². The zero-order valence-corrected chi connectivity index (χ0v) is 28.5. The highest BCUT2D eigenvalue weighted by atomic mass is 31.2. The molecule has 0 bridgehead atoms. The molecule has 2 atom stereocenters. The second-order valence-electron chi connectivity index (χ2n) is 12.3. The van der Waals surface area contributed by atoms with E-state index in [2.05, 4.69) is 5.32 Å². The van der Waals surface area contributed by atoms with E-state index in [0.717, 1.165) is 22.3 Å². The largest absolute Gasteiger partial charge is 0.457 e. The molecule has 1 amide bonds. The number of ketones is 2. The van der Waals surface area contributed by atoms with Crippen molar-refractivity contribution in [3.63, 3.8) is 0 Å². The van der Waals surface area contributed by atoms with Crippen molar-refractivity contribution in [3.05, 3.63) is 131 Å². The molecule has 5 rings (SSSR count). The van der Waals surface area contributed by atoms with Crippen LogP contribution in [0, 0.1) is 5.92 Å². The lowest BCUT2D eigenvalue weighted by Gasteiger charge is -2.29. The summed E-state index contributed by atoms with van der Waals surface area (Å²) in [6.07, 6.45) is -1.25. The molecule has 1 aliphatic carbocycles. The standard InChI is InChI=1S/C39H40NO8P/c1-27(2)23-37(40-39(44)47-24-34-32-19-11-9-17-30(32)31-18-10-12-20-33(31)34)49(45,48-26-36(42)29-15-7-4-8-16-29)22-21-38(43)46-25-35(41)28-13-5-3-6-14-28/h3-20,27,34,37H,21-26H2,1-2H3,(H,40,44). The fraction of sp³-hybridized carbons (Fsp3) is 0.282. The Morgan fingerprint density at radius 2 is 1.20 bits per heavy atom. The predicted molar refractivity (Wildman–Crippen MR) is 187 cm³/mol. The van der Waals surface area contributed by atoms with E-state index in [-0.39, 0.29) is 43.2 Å². The molecular weight excluding hydrogens is 641 g/mol. The van der Waals surface area contributed by atoms with Crippen LogP contribution < -0.4 is 5.32 Å². The van der Waals surface area contributed by atoms with Crippen molar-refractivity contribution < 1.29 is 37.7 Å². The number of amides is 1. The molecule has 1 aliphatic rings. The highest BCUT2D eigenvalue weighted by Crippen LogP contribution is 2.53. The number of benzene rings is 4. The van der Waals surface area contributed by atoms with Gasteiger partial charge in [0.05, 0.1) is 6.42 Å². The molecule has 49 heavy (non-hydrogen) atoms. The summed E-state index contributed by atoms with van der Waals surface area (Å²) in [4.78, 5) is 51.6. The average Bonchev–Trinajstić information content (AvgIpc) is 3.44. The molecule has 4 aromatic rings. The van der Waals surface area contributed by atoms with Gasteiger partial charge in [-0.05, 0) is 34.6 Å². The number of ether oxygens (including phenoxy) is 2. The highest BCUT2D eigenvalue weighted by molar-refractivity contribution is 7.59. The van der Waals surface area contributed by atoms with Crippen molar-refractivity contribution >= 4 is 31.0 Å². The number of fused-ring (bicyclic) bond motifs is 3. The van der Waals surface area contributed by atoms with Crippen molar-refractivity contribution in [2.75, 3.05) is 26.0 Å². The first-order chi connectivity index (χ1) is 23.6. The van der Waals surface area contributed by atoms with Gasteiger partial charge in [-0.2, -0.15) is 0 Å². The lowest BCUT2D eigenvalue weighted by Crippen LogP contribution is -2.38. The molecule has 10 heteroatoms. The summed E-state index contributed by atoms with van der Waals surface area (Å²) in [5.74, 6) is -2.83. The lowest BCUT2D eigenvalue weighted by atomic mass is 9.98. The zero-order valence-electron chi connectivity index (χ0n) is 27.6. The Bertz CT molecular complexity index is 1780. The van der Waals surface area contributed by atoms with Gasteiger partial charge in [0.2, 0.25) is 7.37 Å². The summed E-state index contributed by atoms with van der Waals surface area (Å²) in [5, 5.41) is 2.75. The van der Waals surface area contributed by atoms with Crippen LogP contribution in [0.15, 0.2) is 109 Å². The molecule has 4 aromatic carbocycles. The summed E-state index contributed by atoms with van der Waals surface area (Å²) in [7, 11) is -3.94. The Morgan fingerprint density at radius 3 is 1.76 bits per heavy atom. The van der Waals surface area contributed by atoms with E-state index in [9.17, 15) is 23.7 Å². The maximum absolute atomic E-state index is 14.7. The first-order valence-electron chi connectivity index (χ1n) is 16.3. The lowest BCUT2D eigenvalue weighted by molar-refractivity contribution is -0.142. The topological polar surface area (TPSA) is 125 Å². The molecule has 0 radical (unpaired) electrons. The molecule has 2 unspecified atom stereocenters. The molecular formula is C39H40NO8P. The van der Waals surface area contributed by atoms with Crippen molar-refractivity contribution in [2.24, 2.45) is 5.92 Å². The van der Waals surface area contributed by atoms with Crippen LogP contribution >= 0.6 is 7.37 Å². The SMILES string of the molecule is CC(C)CC(NC(=O)OCC1c2ccccc2-c2ccccc21)P(=O)(CCC(=O)OCC(=O)c1ccccc1)OCC(=O)c1ccccc1. The molecule has 0 spiro atoms. The fourth-order valence-electron chi connectivity index (χ4n) is 5.90. The van der Waals surface area contributed by atoms with Crippen molar-refractivity contribution in [1.29, 1.82) is 0 Å². The number of carbonyl (C=O) groups excluding carboxylic acids is 4. The van der Waals surface area contributed by atoms with Crippen LogP contribution in [0.25, 0.3) is 11.1 Å². The van der Waals surface area contributed by atoms with Crippen LogP contribution in [0.4, 0.5) is 4.79 Å². The van der Waals surface area contributed by atoms with E-state index in [1.807, 2.05) is 62.4 Å². The molecule has 9 nitrogen and oxygen atoms in total. The number of alkyl carbamates (subject to hydrolysis) is 1. The van der Waals surface area contributed by atoms with Gasteiger partial charge >= 0.3 is 12.1 Å². The smallest absolute Gasteiger partial charge is 0.407 e. The van der Waals surface area contributed by atoms with Gasteiger partial charge in [0.15, 0.2) is 18.2 Å². The minimum atomic E-state index is -3.94. The van der Waals surface area contributed by atoms with Crippen LogP contribution in [0.5, 0.6) is 0 Å². The molecule has 0 saturated heterocycles. The molecule has 254 valence electrons. The van der Waals surface area contributed by atoms with E-state index in [4.69, 9.17) is 14.0 Å². The molecule has 0 aliphatic heterocycles. The quantitative estimate of drug-likeness (QED) is 0.0719. The van der Waals surface area contributed by atoms with Gasteiger partial charge in [-0.15, -0.1) is 0 Å². The predicted octanol–water partition coefficient (Wildman–Crippen LogP) is 7.89. The maximum Gasteiger partial charge on any atom is 0.407 e. The van der Waals surface area contributed by atoms with E-state index < -0.39 is 44.2 Å². The minimum Gasteiger partial charge on any atom is -0.457 e. The highest BCUT2D eigenvalue weighted by Gasteiger charge is 2.38. The summed E-state index contributed by atoms with van der Waals surface area (Å²) >= 11 is 0. The first kappa shape index (κ1) is 35.5. The van der Waals surface area contributed by atoms with Crippen molar-refractivity contribution in [3.8, 4) is 11.1 Å². The number of Topliss-reactive ketones (excluding diaryl/α,β-unsaturated/α-hetero) is 2. The van der Waals surface area contributed by atoms with Gasteiger partial charge in [-0.1, -0.05) is 123 Å². The van der Waals surface area contributed by atoms with Crippen LogP contribution in [-0.4, -0.2) is 55.4 Å². The third-order valence-electron chi connectivity index (χ3n) is 8.40. The maximum atomic E-state index is 14.7. The van der Waals surface area contributed by atoms with Crippen LogP contribution in [-0.2, 0) is 23.4 Å². The molecule has 0 aromatic heterocycles. The third kappa shape index (κ3) is 9.19. The first-order valence-corrected chi connectivity index (χ1v) is 18.2. The Balaban J connectivity index is 1.29. The summed E-state index contributed by atoms with van der Waals surface area (Å²) < 4.78 is 31.5. The molecule has 0 saturated carbocycles. The minimum absolute atomic E-state index is 0.0453. The van der Waals surface area contributed by atoms with E-state index >= 15 is 0 Å². The Morgan fingerprint density at radius 1 is 0.694 bits per heavy atom. The number of esters is 1. The van der Waals surface area contributed by atoms with Crippen LogP contribution in [0.3, 0.4) is 0 Å². The molecule has 0 fully saturated rings. The normalized spacial score (nSPS) is 13.9. The number of carbonyl (C=O) groups is 4. The van der Waals surface area contributed by atoms with E-state index in [0.29, 0.717) is 11.1 Å². The van der Waals surface area contributed by atoms with Gasteiger partial charge < -0.3 is 19.3 Å². The van der Waals surface area contributed by atoms with E-state index in [1.165, 1.54) is 0 Å². The van der Waals surface area contributed by atoms with Crippen LogP contribution in [0.1, 0.15) is 64.4 Å². The fourth-order valence-corrected chi connectivity index (χ4v) is 8.39. The summed E-state index contributed by atoms with van der Waals surface area (Å²) in [5.41, 5.74) is 5.04. The summed E-state index contributed by atoms with van der Waals surface area (Å²) in [6.45, 7) is 2.84. The summed E-state index contributed by atoms with van der Waals surface area (Å²) in [6, 6.07) is 32.8. The monoisotopic (exact) mass is 681 g/mol. The van der Waals surface area contributed by atoms with Gasteiger partial charge in [0, 0.05) is 23.2 Å². The van der Waals surface area contributed by atoms with Gasteiger partial charge in [0.25, 0.3) is 0 Å².